The molecule has 4 heteroatoms. The van der Waals surface area contributed by atoms with E-state index in [1.165, 1.54) is 5.56 Å². The first-order valence-corrected chi connectivity index (χ1v) is 7.41. The number of hydrogen-bond donors (Lipinski definition) is 1. The van der Waals surface area contributed by atoms with E-state index in [4.69, 9.17) is 15.2 Å². The molecule has 1 aromatic carbocycles. The third-order valence-electron chi connectivity index (χ3n) is 4.20. The lowest BCUT2D eigenvalue weighted by atomic mass is 9.93. The highest BCUT2D eigenvalue weighted by molar-refractivity contribution is 5.43. The lowest BCUT2D eigenvalue weighted by Crippen LogP contribution is -2.29. The third-order valence-corrected chi connectivity index (χ3v) is 4.20. The van der Waals surface area contributed by atoms with Gasteiger partial charge in [-0.25, -0.2) is 0 Å². The van der Waals surface area contributed by atoms with Gasteiger partial charge >= 0.3 is 0 Å². The lowest BCUT2D eigenvalue weighted by Gasteiger charge is -2.29. The Morgan fingerprint density at radius 2 is 2.10 bits per heavy atom. The Morgan fingerprint density at radius 1 is 1.30 bits per heavy atom. The van der Waals surface area contributed by atoms with Crippen molar-refractivity contribution in [1.29, 1.82) is 0 Å². The highest BCUT2D eigenvalue weighted by Gasteiger charge is 2.35. The Morgan fingerprint density at radius 3 is 2.70 bits per heavy atom. The predicted octanol–water partition coefficient (Wildman–Crippen LogP) is 2.44. The second-order valence-electron chi connectivity index (χ2n) is 5.37. The van der Waals surface area contributed by atoms with Gasteiger partial charge in [0.1, 0.15) is 11.5 Å². The molecule has 1 heterocycles. The van der Waals surface area contributed by atoms with Crippen LogP contribution in [0.3, 0.4) is 0 Å². The van der Waals surface area contributed by atoms with Gasteiger partial charge in [0.05, 0.1) is 14.2 Å². The fourth-order valence-corrected chi connectivity index (χ4v) is 3.23. The van der Waals surface area contributed by atoms with Crippen LogP contribution in [0.1, 0.15) is 31.4 Å². The fraction of sp³-hybridized carbons (Fsp3) is 0.625. The van der Waals surface area contributed by atoms with Crippen LogP contribution in [0.2, 0.25) is 0 Å². The zero-order valence-corrected chi connectivity index (χ0v) is 12.8. The van der Waals surface area contributed by atoms with Crippen LogP contribution in [0.25, 0.3) is 0 Å². The van der Waals surface area contributed by atoms with Crippen LogP contribution in [0.15, 0.2) is 18.2 Å². The maximum Gasteiger partial charge on any atom is 0.127 e. The second kappa shape index (κ2) is 6.95. The average molecular weight is 278 g/mol. The Balaban J connectivity index is 2.35. The van der Waals surface area contributed by atoms with Gasteiger partial charge < -0.3 is 15.2 Å². The van der Waals surface area contributed by atoms with Crippen molar-refractivity contribution in [2.45, 2.75) is 25.8 Å². The summed E-state index contributed by atoms with van der Waals surface area (Å²) in [7, 11) is 3.39. The quantitative estimate of drug-likeness (QED) is 0.868. The molecule has 2 unspecified atom stereocenters. The Bertz CT molecular complexity index is 436. The molecule has 0 amide bonds. The van der Waals surface area contributed by atoms with Crippen LogP contribution in [-0.4, -0.2) is 38.8 Å². The molecular formula is C16H26N2O2. The molecule has 0 spiro atoms. The summed E-state index contributed by atoms with van der Waals surface area (Å²) in [6.45, 7) is 5.17. The second-order valence-corrected chi connectivity index (χ2v) is 5.37. The molecule has 0 saturated carbocycles. The maximum absolute atomic E-state index is 5.98. The van der Waals surface area contributed by atoms with E-state index in [1.807, 2.05) is 12.1 Å². The number of benzene rings is 1. The van der Waals surface area contributed by atoms with Gasteiger partial charge in [-0.05, 0) is 44.5 Å². The van der Waals surface area contributed by atoms with E-state index in [2.05, 4.69) is 17.9 Å². The van der Waals surface area contributed by atoms with Crippen LogP contribution >= 0.6 is 0 Å². The van der Waals surface area contributed by atoms with Crippen molar-refractivity contribution in [1.82, 2.24) is 4.90 Å². The SMILES string of the molecule is CCCN1CCC(CN)C1c1ccc(OC)cc1OC. The van der Waals surface area contributed by atoms with Crippen LogP contribution in [-0.2, 0) is 0 Å². The van der Waals surface area contributed by atoms with Crippen molar-refractivity contribution in [3.8, 4) is 11.5 Å². The van der Waals surface area contributed by atoms with Crippen LogP contribution in [0.5, 0.6) is 11.5 Å². The topological polar surface area (TPSA) is 47.7 Å². The van der Waals surface area contributed by atoms with Crippen molar-refractivity contribution in [3.05, 3.63) is 23.8 Å². The average Bonchev–Trinajstić information content (AvgIpc) is 2.89. The first-order chi connectivity index (χ1) is 9.74. The van der Waals surface area contributed by atoms with Crippen molar-refractivity contribution in [3.63, 3.8) is 0 Å². The summed E-state index contributed by atoms with van der Waals surface area (Å²) in [4.78, 5) is 2.53. The first kappa shape index (κ1) is 15.1. The molecule has 1 aliphatic heterocycles. The molecular weight excluding hydrogens is 252 g/mol. The first-order valence-electron chi connectivity index (χ1n) is 7.41. The van der Waals surface area contributed by atoms with Crippen LogP contribution < -0.4 is 15.2 Å². The number of nitrogens with two attached hydrogens (primary N) is 1. The summed E-state index contributed by atoms with van der Waals surface area (Å²) in [5, 5.41) is 0. The predicted molar refractivity (Wildman–Crippen MR) is 81.3 cm³/mol. The van der Waals surface area contributed by atoms with Gasteiger partial charge in [0.2, 0.25) is 0 Å². The third kappa shape index (κ3) is 2.91. The lowest BCUT2D eigenvalue weighted by molar-refractivity contribution is 0.225. The molecule has 1 saturated heterocycles. The number of rotatable bonds is 6. The maximum atomic E-state index is 5.98. The van der Waals surface area contributed by atoms with E-state index in [0.29, 0.717) is 12.0 Å². The summed E-state index contributed by atoms with van der Waals surface area (Å²) in [6.07, 6.45) is 2.32. The van der Waals surface area contributed by atoms with Crippen molar-refractivity contribution < 1.29 is 9.47 Å². The summed E-state index contributed by atoms with van der Waals surface area (Å²) in [5.74, 6) is 2.23. The van der Waals surface area contributed by atoms with E-state index in [9.17, 15) is 0 Å². The van der Waals surface area contributed by atoms with Gasteiger partial charge in [0, 0.05) is 17.7 Å². The van der Waals surface area contributed by atoms with E-state index in [-0.39, 0.29) is 0 Å². The number of methoxy groups -OCH3 is 2. The zero-order valence-electron chi connectivity index (χ0n) is 12.8. The smallest absolute Gasteiger partial charge is 0.127 e. The molecule has 4 nitrogen and oxygen atoms in total. The molecule has 0 radical (unpaired) electrons. The molecule has 1 fully saturated rings. The largest absolute Gasteiger partial charge is 0.497 e. The van der Waals surface area contributed by atoms with Gasteiger partial charge in [0.15, 0.2) is 0 Å². The number of hydrogen-bond acceptors (Lipinski definition) is 4. The highest BCUT2D eigenvalue weighted by atomic mass is 16.5. The Labute approximate surface area is 121 Å². The van der Waals surface area contributed by atoms with Crippen molar-refractivity contribution >= 4 is 0 Å². The summed E-state index contributed by atoms with van der Waals surface area (Å²) in [6, 6.07) is 6.46. The number of likely N-dealkylation sites (tertiary alicyclic amines) is 1. The molecule has 20 heavy (non-hydrogen) atoms. The fourth-order valence-electron chi connectivity index (χ4n) is 3.23. The minimum absolute atomic E-state index is 0.362. The molecule has 112 valence electrons. The van der Waals surface area contributed by atoms with E-state index < -0.39 is 0 Å². The zero-order chi connectivity index (χ0) is 14.5. The molecule has 0 aliphatic carbocycles. The van der Waals surface area contributed by atoms with E-state index in [1.54, 1.807) is 14.2 Å². The summed E-state index contributed by atoms with van der Waals surface area (Å²) < 4.78 is 10.9. The summed E-state index contributed by atoms with van der Waals surface area (Å²) in [5.41, 5.74) is 7.21. The van der Waals surface area contributed by atoms with Crippen molar-refractivity contribution in [2.24, 2.45) is 11.7 Å². The van der Waals surface area contributed by atoms with Crippen LogP contribution in [0, 0.1) is 5.92 Å². The monoisotopic (exact) mass is 278 g/mol. The standard InChI is InChI=1S/C16H26N2O2/c1-4-8-18-9-7-12(11-17)16(18)14-6-5-13(19-2)10-15(14)20-3/h5-6,10,12,16H,4,7-9,11,17H2,1-3H3. The van der Waals surface area contributed by atoms with Gasteiger partial charge in [-0.2, -0.15) is 0 Å². The Kier molecular flexibility index (Phi) is 5.26. The molecule has 0 bridgehead atoms. The molecule has 2 rings (SSSR count). The molecule has 1 aliphatic rings. The minimum atomic E-state index is 0.362. The van der Waals surface area contributed by atoms with Gasteiger partial charge in [-0.15, -0.1) is 0 Å². The number of ether oxygens (including phenoxy) is 2. The normalized spacial score (nSPS) is 23.0. The number of nitrogens with zero attached hydrogens (tertiary/aromatic N) is 1. The van der Waals surface area contributed by atoms with Gasteiger partial charge in [-0.3, -0.25) is 4.90 Å². The molecule has 0 aromatic heterocycles. The van der Waals surface area contributed by atoms with E-state index in [0.717, 1.165) is 44.0 Å². The molecule has 1 aromatic rings. The minimum Gasteiger partial charge on any atom is -0.497 e. The van der Waals surface area contributed by atoms with Gasteiger partial charge in [-0.1, -0.05) is 13.0 Å². The Hall–Kier alpha value is -1.26. The van der Waals surface area contributed by atoms with E-state index >= 15 is 0 Å². The highest BCUT2D eigenvalue weighted by Crippen LogP contribution is 2.41. The molecule has 2 N–H and O–H groups in total. The molecule has 2 atom stereocenters. The van der Waals surface area contributed by atoms with Crippen molar-refractivity contribution in [2.75, 3.05) is 33.9 Å². The summed E-state index contributed by atoms with van der Waals surface area (Å²) >= 11 is 0. The van der Waals surface area contributed by atoms with Gasteiger partial charge in [0.25, 0.3) is 0 Å². The van der Waals surface area contributed by atoms with Crippen LogP contribution in [0.4, 0.5) is 0 Å².